The van der Waals surface area contributed by atoms with E-state index in [4.69, 9.17) is 10.2 Å². The van der Waals surface area contributed by atoms with Crippen molar-refractivity contribution in [1.29, 1.82) is 0 Å². The lowest BCUT2D eigenvalue weighted by Crippen LogP contribution is -2.44. The highest BCUT2D eigenvalue weighted by Gasteiger charge is 2.28. The van der Waals surface area contributed by atoms with Crippen LogP contribution in [0.3, 0.4) is 0 Å². The Hall–Kier alpha value is -0.740. The highest BCUT2D eigenvalue weighted by atomic mass is 32.2. The standard InChI is InChI=1S/C11H23N3O5S/c1-12(6-3-11(16)17)20(18,19)14-5-2-4-13(7-8-14)9-10-15/h15H,2-10H2,1H3,(H,16,17). The maximum absolute atomic E-state index is 12.3. The smallest absolute Gasteiger partial charge is 0.304 e. The number of aliphatic hydroxyl groups is 1. The molecule has 8 nitrogen and oxygen atoms in total. The van der Waals surface area contributed by atoms with E-state index in [2.05, 4.69) is 0 Å². The molecule has 0 radical (unpaired) electrons. The Morgan fingerprint density at radius 2 is 1.95 bits per heavy atom. The molecular weight excluding hydrogens is 286 g/mol. The molecule has 1 rings (SSSR count). The van der Waals surface area contributed by atoms with Gasteiger partial charge in [-0.3, -0.25) is 9.69 Å². The van der Waals surface area contributed by atoms with Crippen LogP contribution in [0.15, 0.2) is 0 Å². The van der Waals surface area contributed by atoms with Crippen LogP contribution in [0.25, 0.3) is 0 Å². The maximum Gasteiger partial charge on any atom is 0.304 e. The lowest BCUT2D eigenvalue weighted by atomic mass is 10.4. The molecule has 1 saturated heterocycles. The number of hydrogen-bond acceptors (Lipinski definition) is 5. The molecule has 1 fully saturated rings. The van der Waals surface area contributed by atoms with E-state index in [0.29, 0.717) is 32.6 Å². The monoisotopic (exact) mass is 309 g/mol. The molecule has 0 bridgehead atoms. The normalized spacial score (nSPS) is 19.1. The molecule has 0 aromatic rings. The fraction of sp³-hybridized carbons (Fsp3) is 0.909. The molecule has 1 aliphatic rings. The van der Waals surface area contributed by atoms with Gasteiger partial charge in [-0.1, -0.05) is 0 Å². The fourth-order valence-corrected chi connectivity index (χ4v) is 3.50. The summed E-state index contributed by atoms with van der Waals surface area (Å²) in [6.07, 6.45) is 0.492. The fourth-order valence-electron chi connectivity index (χ4n) is 2.11. The Morgan fingerprint density at radius 1 is 1.25 bits per heavy atom. The Labute approximate surface area is 119 Å². The number of carbonyl (C=O) groups is 1. The SMILES string of the molecule is CN(CCC(=O)O)S(=O)(=O)N1CCCN(CCO)CC1. The molecule has 0 aromatic heterocycles. The zero-order valence-corrected chi connectivity index (χ0v) is 12.5. The van der Waals surface area contributed by atoms with Gasteiger partial charge in [0.1, 0.15) is 0 Å². The van der Waals surface area contributed by atoms with Crippen LogP contribution < -0.4 is 0 Å². The van der Waals surface area contributed by atoms with E-state index >= 15 is 0 Å². The van der Waals surface area contributed by atoms with Gasteiger partial charge in [0, 0.05) is 39.8 Å². The predicted octanol–water partition coefficient (Wildman–Crippen LogP) is -1.36. The molecule has 0 unspecified atom stereocenters. The van der Waals surface area contributed by atoms with Crippen molar-refractivity contribution >= 4 is 16.2 Å². The number of carboxylic acids is 1. The van der Waals surface area contributed by atoms with Crippen LogP contribution >= 0.6 is 0 Å². The van der Waals surface area contributed by atoms with Crippen LogP contribution in [0.2, 0.25) is 0 Å². The second-order valence-electron chi connectivity index (χ2n) is 4.79. The second kappa shape index (κ2) is 7.89. The van der Waals surface area contributed by atoms with Gasteiger partial charge in [0.25, 0.3) is 10.2 Å². The molecule has 2 N–H and O–H groups in total. The summed E-state index contributed by atoms with van der Waals surface area (Å²) < 4.78 is 27.1. The van der Waals surface area contributed by atoms with E-state index in [1.54, 1.807) is 0 Å². The Morgan fingerprint density at radius 3 is 2.55 bits per heavy atom. The zero-order valence-electron chi connectivity index (χ0n) is 11.7. The lowest BCUT2D eigenvalue weighted by molar-refractivity contribution is -0.137. The summed E-state index contributed by atoms with van der Waals surface area (Å²) in [6, 6.07) is 0. The predicted molar refractivity (Wildman–Crippen MR) is 73.5 cm³/mol. The van der Waals surface area contributed by atoms with Gasteiger partial charge in [-0.25, -0.2) is 0 Å². The molecule has 0 spiro atoms. The summed E-state index contributed by atoms with van der Waals surface area (Å²) >= 11 is 0. The summed E-state index contributed by atoms with van der Waals surface area (Å²) in [5.41, 5.74) is 0. The van der Waals surface area contributed by atoms with Gasteiger partial charge < -0.3 is 10.2 Å². The molecule has 9 heteroatoms. The largest absolute Gasteiger partial charge is 0.481 e. The van der Waals surface area contributed by atoms with Gasteiger partial charge in [-0.2, -0.15) is 17.0 Å². The van der Waals surface area contributed by atoms with E-state index in [-0.39, 0.29) is 19.6 Å². The van der Waals surface area contributed by atoms with Crippen molar-refractivity contribution in [3.63, 3.8) is 0 Å². The van der Waals surface area contributed by atoms with Crippen LogP contribution in [0.5, 0.6) is 0 Å². The highest BCUT2D eigenvalue weighted by molar-refractivity contribution is 7.86. The third kappa shape index (κ3) is 4.98. The van der Waals surface area contributed by atoms with Gasteiger partial charge in [0.15, 0.2) is 0 Å². The number of rotatable bonds is 7. The van der Waals surface area contributed by atoms with E-state index in [0.717, 1.165) is 10.8 Å². The molecule has 118 valence electrons. The summed E-state index contributed by atoms with van der Waals surface area (Å²) in [4.78, 5) is 12.5. The number of aliphatic hydroxyl groups excluding tert-OH is 1. The number of hydrogen-bond donors (Lipinski definition) is 2. The number of nitrogens with zero attached hydrogens (tertiary/aromatic N) is 3. The lowest BCUT2D eigenvalue weighted by Gasteiger charge is -2.26. The highest BCUT2D eigenvalue weighted by Crippen LogP contribution is 2.11. The van der Waals surface area contributed by atoms with Crippen LogP contribution in [0, 0.1) is 0 Å². The minimum Gasteiger partial charge on any atom is -0.481 e. The van der Waals surface area contributed by atoms with Crippen LogP contribution in [0.1, 0.15) is 12.8 Å². The molecule has 0 amide bonds. The topological polar surface area (TPSA) is 101 Å². The van der Waals surface area contributed by atoms with Crippen LogP contribution in [0.4, 0.5) is 0 Å². The van der Waals surface area contributed by atoms with Crippen molar-refractivity contribution in [2.24, 2.45) is 0 Å². The van der Waals surface area contributed by atoms with Crippen molar-refractivity contribution in [1.82, 2.24) is 13.5 Å². The van der Waals surface area contributed by atoms with Crippen molar-refractivity contribution in [3.05, 3.63) is 0 Å². The van der Waals surface area contributed by atoms with Crippen LogP contribution in [-0.2, 0) is 15.0 Å². The minimum absolute atomic E-state index is 0.0332. The summed E-state index contributed by atoms with van der Waals surface area (Å²) in [7, 11) is -2.21. The first-order valence-electron chi connectivity index (χ1n) is 6.64. The molecule has 1 heterocycles. The molecular formula is C11H23N3O5S. The Bertz CT molecular complexity index is 414. The summed E-state index contributed by atoms with van der Waals surface area (Å²) in [5, 5.41) is 17.5. The van der Waals surface area contributed by atoms with Crippen molar-refractivity contribution in [2.45, 2.75) is 12.8 Å². The first-order chi connectivity index (χ1) is 9.37. The average molecular weight is 309 g/mol. The molecule has 0 atom stereocenters. The zero-order chi connectivity index (χ0) is 15.2. The van der Waals surface area contributed by atoms with Gasteiger partial charge in [-0.05, 0) is 13.0 Å². The molecule has 0 aliphatic carbocycles. The summed E-state index contributed by atoms with van der Waals surface area (Å²) in [5.74, 6) is -1.02. The van der Waals surface area contributed by atoms with Gasteiger partial charge in [0.05, 0.1) is 13.0 Å². The Kier molecular flexibility index (Phi) is 6.83. The van der Waals surface area contributed by atoms with Gasteiger partial charge >= 0.3 is 5.97 Å². The van der Waals surface area contributed by atoms with E-state index in [1.165, 1.54) is 11.4 Å². The first kappa shape index (κ1) is 17.3. The molecule has 0 aromatic carbocycles. The number of β-amino-alcohol motifs (C(OH)–C–C–N with tert-alkyl or cyclic N) is 1. The number of carboxylic acid groups (broad SMARTS) is 1. The average Bonchev–Trinajstić information content (AvgIpc) is 2.62. The Balaban J connectivity index is 2.60. The van der Waals surface area contributed by atoms with E-state index in [1.807, 2.05) is 4.90 Å². The third-order valence-corrected chi connectivity index (χ3v) is 5.31. The molecule has 20 heavy (non-hydrogen) atoms. The maximum atomic E-state index is 12.3. The second-order valence-corrected chi connectivity index (χ2v) is 6.83. The van der Waals surface area contributed by atoms with Crippen molar-refractivity contribution < 1.29 is 23.4 Å². The molecule has 0 saturated carbocycles. The van der Waals surface area contributed by atoms with E-state index < -0.39 is 16.2 Å². The number of aliphatic carboxylic acids is 1. The quantitative estimate of drug-likeness (QED) is 0.602. The van der Waals surface area contributed by atoms with E-state index in [9.17, 15) is 13.2 Å². The minimum atomic E-state index is -3.61. The third-order valence-electron chi connectivity index (χ3n) is 3.32. The molecule has 1 aliphatic heterocycles. The van der Waals surface area contributed by atoms with Crippen molar-refractivity contribution in [3.8, 4) is 0 Å². The first-order valence-corrected chi connectivity index (χ1v) is 8.04. The van der Waals surface area contributed by atoms with Crippen LogP contribution in [-0.4, -0.2) is 91.0 Å². The van der Waals surface area contributed by atoms with Gasteiger partial charge in [0.2, 0.25) is 0 Å². The van der Waals surface area contributed by atoms with Crippen molar-refractivity contribution in [2.75, 3.05) is 52.9 Å². The van der Waals surface area contributed by atoms with Gasteiger partial charge in [-0.15, -0.1) is 0 Å². The summed E-state index contributed by atoms with van der Waals surface area (Å²) in [6.45, 7) is 2.68.